The molecule has 0 spiro atoms. The van der Waals surface area contributed by atoms with Gasteiger partial charge in [0, 0.05) is 12.1 Å². The Kier molecular flexibility index (Phi) is 3.94. The first-order valence-electron chi connectivity index (χ1n) is 6.07. The lowest BCUT2D eigenvalue weighted by molar-refractivity contribution is 0.270. The fourth-order valence-corrected chi connectivity index (χ4v) is 1.92. The lowest BCUT2D eigenvalue weighted by Crippen LogP contribution is -2.05. The number of benzene rings is 1. The maximum Gasteiger partial charge on any atom is 0.140 e. The Balaban J connectivity index is 2.36. The van der Waals surface area contributed by atoms with Crippen LogP contribution >= 0.6 is 0 Å². The predicted octanol–water partition coefficient (Wildman–Crippen LogP) is 2.84. The van der Waals surface area contributed by atoms with Gasteiger partial charge in [0.15, 0.2) is 0 Å². The first kappa shape index (κ1) is 11.9. The van der Waals surface area contributed by atoms with E-state index in [9.17, 15) is 5.11 Å². The van der Waals surface area contributed by atoms with Gasteiger partial charge in [0.05, 0.1) is 18.5 Å². The average Bonchev–Trinajstić information content (AvgIpc) is 2.80. The summed E-state index contributed by atoms with van der Waals surface area (Å²) in [7, 11) is 0. The highest BCUT2D eigenvalue weighted by Crippen LogP contribution is 2.20. The van der Waals surface area contributed by atoms with Gasteiger partial charge in [0.1, 0.15) is 5.82 Å². The molecule has 3 heteroatoms. The molecule has 0 aliphatic carbocycles. The van der Waals surface area contributed by atoms with E-state index in [4.69, 9.17) is 0 Å². The third kappa shape index (κ3) is 2.56. The molecule has 0 unspecified atom stereocenters. The molecule has 1 heterocycles. The molecule has 0 fully saturated rings. The minimum atomic E-state index is 0.0452. The maximum atomic E-state index is 9.32. The summed E-state index contributed by atoms with van der Waals surface area (Å²) in [5, 5.41) is 9.32. The minimum absolute atomic E-state index is 0.0452. The fraction of sp³-hybridized carbons (Fsp3) is 0.357. The van der Waals surface area contributed by atoms with Crippen LogP contribution < -0.4 is 0 Å². The van der Waals surface area contributed by atoms with Crippen LogP contribution in [0.3, 0.4) is 0 Å². The van der Waals surface area contributed by atoms with E-state index < -0.39 is 0 Å². The normalized spacial score (nSPS) is 10.7. The average molecular weight is 230 g/mol. The maximum absolute atomic E-state index is 9.32. The minimum Gasteiger partial charge on any atom is -0.390 e. The molecule has 2 rings (SSSR count). The smallest absolute Gasteiger partial charge is 0.140 e. The third-order valence-corrected chi connectivity index (χ3v) is 2.87. The number of imidazole rings is 1. The van der Waals surface area contributed by atoms with Crippen LogP contribution in [0.5, 0.6) is 0 Å². The van der Waals surface area contributed by atoms with E-state index in [1.165, 1.54) is 0 Å². The van der Waals surface area contributed by atoms with E-state index in [-0.39, 0.29) is 6.61 Å². The molecular formula is C14H18N2O. The molecule has 0 aliphatic rings. The first-order chi connectivity index (χ1) is 8.36. The van der Waals surface area contributed by atoms with E-state index >= 15 is 0 Å². The van der Waals surface area contributed by atoms with E-state index in [2.05, 4.69) is 16.5 Å². The molecule has 17 heavy (non-hydrogen) atoms. The number of nitrogens with zero attached hydrogens (tertiary/aromatic N) is 2. The van der Waals surface area contributed by atoms with E-state index in [1.807, 2.05) is 30.3 Å². The van der Waals surface area contributed by atoms with E-state index in [1.54, 1.807) is 6.20 Å². The summed E-state index contributed by atoms with van der Waals surface area (Å²) in [5.41, 5.74) is 1.99. The van der Waals surface area contributed by atoms with E-state index in [0.717, 1.165) is 36.5 Å². The molecule has 1 aromatic carbocycles. The largest absolute Gasteiger partial charge is 0.390 e. The van der Waals surface area contributed by atoms with Crippen LogP contribution in [-0.4, -0.2) is 14.7 Å². The van der Waals surface area contributed by atoms with E-state index in [0.29, 0.717) is 0 Å². The van der Waals surface area contributed by atoms with Crippen LogP contribution in [0, 0.1) is 0 Å². The first-order valence-corrected chi connectivity index (χ1v) is 6.07. The van der Waals surface area contributed by atoms with Crippen molar-refractivity contribution < 1.29 is 5.11 Å². The Labute approximate surface area is 102 Å². The van der Waals surface area contributed by atoms with Crippen LogP contribution in [0.1, 0.15) is 25.5 Å². The van der Waals surface area contributed by atoms with Crippen molar-refractivity contribution in [2.24, 2.45) is 0 Å². The molecule has 0 atom stereocenters. The van der Waals surface area contributed by atoms with Crippen LogP contribution in [0.25, 0.3) is 11.4 Å². The molecular weight excluding hydrogens is 212 g/mol. The molecule has 0 bridgehead atoms. The third-order valence-electron chi connectivity index (χ3n) is 2.87. The van der Waals surface area contributed by atoms with Gasteiger partial charge in [-0.25, -0.2) is 4.98 Å². The number of hydrogen-bond donors (Lipinski definition) is 1. The molecule has 0 radical (unpaired) electrons. The van der Waals surface area contributed by atoms with Gasteiger partial charge in [0.2, 0.25) is 0 Å². The van der Waals surface area contributed by atoms with Gasteiger partial charge in [-0.3, -0.25) is 0 Å². The summed E-state index contributed by atoms with van der Waals surface area (Å²) in [6, 6.07) is 10.1. The number of rotatable bonds is 5. The zero-order valence-electron chi connectivity index (χ0n) is 10.1. The number of aliphatic hydroxyl groups excluding tert-OH is 1. The predicted molar refractivity (Wildman–Crippen MR) is 68.5 cm³/mol. The number of hydrogen-bond acceptors (Lipinski definition) is 2. The van der Waals surface area contributed by atoms with Gasteiger partial charge < -0.3 is 9.67 Å². The molecule has 2 aromatic rings. The highest BCUT2D eigenvalue weighted by Gasteiger charge is 2.10. The number of aliphatic hydroxyl groups is 1. The Morgan fingerprint density at radius 2 is 2.00 bits per heavy atom. The van der Waals surface area contributed by atoms with Crippen molar-refractivity contribution in [1.82, 2.24) is 9.55 Å². The van der Waals surface area contributed by atoms with Gasteiger partial charge in [-0.1, -0.05) is 43.7 Å². The van der Waals surface area contributed by atoms with Gasteiger partial charge in [0.25, 0.3) is 0 Å². The van der Waals surface area contributed by atoms with Crippen LogP contribution in [0.4, 0.5) is 0 Å². The Morgan fingerprint density at radius 1 is 1.24 bits per heavy atom. The molecule has 3 nitrogen and oxygen atoms in total. The van der Waals surface area contributed by atoms with Crippen molar-refractivity contribution in [1.29, 1.82) is 0 Å². The highest BCUT2D eigenvalue weighted by atomic mass is 16.3. The molecule has 0 saturated carbocycles. The number of aromatic nitrogens is 2. The Hall–Kier alpha value is -1.61. The van der Waals surface area contributed by atoms with Crippen molar-refractivity contribution in [3.05, 3.63) is 42.2 Å². The number of unbranched alkanes of at least 4 members (excludes halogenated alkanes) is 1. The second-order valence-corrected chi connectivity index (χ2v) is 4.10. The molecule has 1 aromatic heterocycles. The molecule has 0 amide bonds. The Bertz CT molecular complexity index is 462. The monoisotopic (exact) mass is 230 g/mol. The summed E-state index contributed by atoms with van der Waals surface area (Å²) in [4.78, 5) is 4.41. The van der Waals surface area contributed by atoms with Crippen LogP contribution in [-0.2, 0) is 13.2 Å². The quantitative estimate of drug-likeness (QED) is 0.857. The summed E-state index contributed by atoms with van der Waals surface area (Å²) in [6.45, 7) is 3.12. The lowest BCUT2D eigenvalue weighted by atomic mass is 10.2. The second kappa shape index (κ2) is 5.64. The lowest BCUT2D eigenvalue weighted by Gasteiger charge is -2.10. The summed E-state index contributed by atoms with van der Waals surface area (Å²) in [6.07, 6.45) is 4.00. The van der Waals surface area contributed by atoms with Crippen LogP contribution in [0.2, 0.25) is 0 Å². The Morgan fingerprint density at radius 3 is 2.65 bits per heavy atom. The fourth-order valence-electron chi connectivity index (χ4n) is 1.92. The summed E-state index contributed by atoms with van der Waals surface area (Å²) >= 11 is 0. The van der Waals surface area contributed by atoms with Gasteiger partial charge in [-0.15, -0.1) is 0 Å². The second-order valence-electron chi connectivity index (χ2n) is 4.10. The van der Waals surface area contributed by atoms with Crippen molar-refractivity contribution in [3.63, 3.8) is 0 Å². The topological polar surface area (TPSA) is 38.0 Å². The van der Waals surface area contributed by atoms with Crippen molar-refractivity contribution in [3.8, 4) is 11.4 Å². The standard InChI is InChI=1S/C14H18N2O/c1-2-3-9-16-13(11-17)10-15-14(16)12-7-5-4-6-8-12/h4-8,10,17H,2-3,9,11H2,1H3. The van der Waals surface area contributed by atoms with Crippen molar-refractivity contribution >= 4 is 0 Å². The van der Waals surface area contributed by atoms with Crippen LogP contribution in [0.15, 0.2) is 36.5 Å². The zero-order chi connectivity index (χ0) is 12.1. The molecule has 0 saturated heterocycles. The molecule has 90 valence electrons. The van der Waals surface area contributed by atoms with Crippen molar-refractivity contribution in [2.45, 2.75) is 32.9 Å². The molecule has 0 aliphatic heterocycles. The SMILES string of the molecule is CCCCn1c(CO)cnc1-c1ccccc1. The van der Waals surface area contributed by atoms with Gasteiger partial charge in [-0.05, 0) is 6.42 Å². The van der Waals surface area contributed by atoms with Gasteiger partial charge >= 0.3 is 0 Å². The zero-order valence-corrected chi connectivity index (χ0v) is 10.1. The summed E-state index contributed by atoms with van der Waals surface area (Å²) < 4.78 is 2.11. The van der Waals surface area contributed by atoms with Crippen molar-refractivity contribution in [2.75, 3.05) is 0 Å². The molecule has 1 N–H and O–H groups in total. The van der Waals surface area contributed by atoms with Gasteiger partial charge in [-0.2, -0.15) is 0 Å². The highest BCUT2D eigenvalue weighted by molar-refractivity contribution is 5.55. The summed E-state index contributed by atoms with van der Waals surface area (Å²) in [5.74, 6) is 0.947.